The molecule has 0 saturated heterocycles. The Labute approximate surface area is 187 Å². The van der Waals surface area contributed by atoms with E-state index in [0.29, 0.717) is 47.8 Å². The number of nitrogens with zero attached hydrogens (tertiary/aromatic N) is 5. The van der Waals surface area contributed by atoms with Crippen LogP contribution in [0, 0.1) is 5.92 Å². The number of aromatic hydroxyl groups is 1. The van der Waals surface area contributed by atoms with E-state index >= 15 is 0 Å². The van der Waals surface area contributed by atoms with Crippen LogP contribution >= 0.6 is 0 Å². The maximum atomic E-state index is 12.5. The number of carbonyl (C=O) groups excluding carboxylic acids is 1. The van der Waals surface area contributed by atoms with Crippen LogP contribution in [0.3, 0.4) is 0 Å². The Bertz CT molecular complexity index is 1060. The van der Waals surface area contributed by atoms with E-state index in [1.807, 2.05) is 19.2 Å². The normalized spacial score (nSPS) is 21.6. The Balaban J connectivity index is 1.62. The Morgan fingerprint density at radius 2 is 2.06 bits per heavy atom. The van der Waals surface area contributed by atoms with Crippen molar-refractivity contribution < 1.29 is 9.90 Å². The van der Waals surface area contributed by atoms with Gasteiger partial charge >= 0.3 is 0 Å². The first kappa shape index (κ1) is 22.0. The molecule has 2 aliphatic rings. The summed E-state index contributed by atoms with van der Waals surface area (Å²) < 4.78 is 0. The van der Waals surface area contributed by atoms with Crippen molar-refractivity contribution in [1.29, 1.82) is 0 Å². The average molecular weight is 438 g/mol. The highest BCUT2D eigenvalue weighted by Crippen LogP contribution is 2.30. The number of rotatable bonds is 0. The number of anilines is 1. The van der Waals surface area contributed by atoms with Gasteiger partial charge in [-0.1, -0.05) is 12.2 Å². The minimum Gasteiger partial charge on any atom is -0.494 e. The van der Waals surface area contributed by atoms with Gasteiger partial charge < -0.3 is 25.2 Å². The number of allylic oxidation sites excluding steroid dienone is 3. The SMILES string of the molecule is CN1CCCC(=O)N(C)CCCNc2ncnc3[nH]c(O)c(c23)C=NC2=CC=CC(C2)C1. The van der Waals surface area contributed by atoms with E-state index in [9.17, 15) is 9.90 Å². The molecule has 1 atom stereocenters. The zero-order valence-corrected chi connectivity index (χ0v) is 18.7. The van der Waals surface area contributed by atoms with Crippen LogP contribution in [0.1, 0.15) is 31.2 Å². The van der Waals surface area contributed by atoms with Gasteiger partial charge in [-0.05, 0) is 44.8 Å². The molecule has 0 spiro atoms. The molecule has 2 aromatic rings. The van der Waals surface area contributed by atoms with Gasteiger partial charge in [0.25, 0.3) is 0 Å². The summed E-state index contributed by atoms with van der Waals surface area (Å²) in [7, 11) is 3.96. The summed E-state index contributed by atoms with van der Waals surface area (Å²) >= 11 is 0. The summed E-state index contributed by atoms with van der Waals surface area (Å²) in [6.45, 7) is 3.11. The summed E-state index contributed by atoms with van der Waals surface area (Å²) in [5.74, 6) is 1.19. The van der Waals surface area contributed by atoms with E-state index in [1.165, 1.54) is 6.33 Å². The average Bonchev–Trinajstić information content (AvgIpc) is 3.10. The lowest BCUT2D eigenvalue weighted by Gasteiger charge is -2.24. The highest BCUT2D eigenvalue weighted by atomic mass is 16.3. The van der Waals surface area contributed by atoms with Crippen LogP contribution in [0.5, 0.6) is 5.88 Å². The third-order valence-electron chi connectivity index (χ3n) is 5.98. The van der Waals surface area contributed by atoms with Gasteiger partial charge in [-0.15, -0.1) is 0 Å². The van der Waals surface area contributed by atoms with Gasteiger partial charge in [-0.25, -0.2) is 9.97 Å². The van der Waals surface area contributed by atoms with Crippen molar-refractivity contribution in [3.05, 3.63) is 35.8 Å². The summed E-state index contributed by atoms with van der Waals surface area (Å²) in [5, 5.41) is 14.5. The molecule has 1 amide bonds. The second-order valence-electron chi connectivity index (χ2n) is 8.56. The van der Waals surface area contributed by atoms with Crippen molar-refractivity contribution in [2.45, 2.75) is 25.7 Å². The summed E-state index contributed by atoms with van der Waals surface area (Å²) in [5.41, 5.74) is 2.08. The monoisotopic (exact) mass is 437 g/mol. The zero-order chi connectivity index (χ0) is 22.5. The van der Waals surface area contributed by atoms with Crippen LogP contribution < -0.4 is 5.32 Å². The van der Waals surface area contributed by atoms with Crippen molar-refractivity contribution in [3.63, 3.8) is 0 Å². The molecular formula is C23H31N7O2. The lowest BCUT2D eigenvalue weighted by Crippen LogP contribution is -2.31. The molecule has 4 rings (SSSR count). The van der Waals surface area contributed by atoms with Crippen LogP contribution in [0.25, 0.3) is 11.0 Å². The molecule has 1 aliphatic carbocycles. The van der Waals surface area contributed by atoms with Gasteiger partial charge in [-0.3, -0.25) is 9.79 Å². The standard InChI is InChI=1S/C23H31N7O2/c1-29-10-4-8-19(31)30(2)11-5-9-24-21-20-18(23(32)28-22(20)27-15-26-21)13-25-17-7-3-6-16(12-17)14-29/h3,6-7,13,15-16,32H,4-5,8-12,14H2,1-2H3,(H2,24,26,27,28). The number of fused-ring (bicyclic) bond motifs is 2. The number of aliphatic imine (C=N–C) groups is 1. The molecule has 9 nitrogen and oxygen atoms in total. The molecule has 1 unspecified atom stereocenters. The molecule has 2 aromatic heterocycles. The van der Waals surface area contributed by atoms with Crippen molar-refractivity contribution in [2.75, 3.05) is 45.6 Å². The van der Waals surface area contributed by atoms with E-state index in [0.717, 1.165) is 38.0 Å². The van der Waals surface area contributed by atoms with Gasteiger partial charge in [0.05, 0.1) is 10.9 Å². The molecule has 0 radical (unpaired) electrons. The minimum atomic E-state index is 0.0201. The van der Waals surface area contributed by atoms with Gasteiger partial charge in [0.1, 0.15) is 17.8 Å². The Kier molecular flexibility index (Phi) is 6.84. The first-order valence-corrected chi connectivity index (χ1v) is 11.1. The summed E-state index contributed by atoms with van der Waals surface area (Å²) in [6.07, 6.45) is 12.4. The largest absolute Gasteiger partial charge is 0.494 e. The number of H-pyrrole nitrogens is 1. The highest BCUT2D eigenvalue weighted by Gasteiger charge is 2.18. The van der Waals surface area contributed by atoms with Gasteiger partial charge in [0, 0.05) is 45.0 Å². The smallest absolute Gasteiger partial charge is 0.222 e. The summed E-state index contributed by atoms with van der Waals surface area (Å²) in [4.78, 5) is 32.7. The Morgan fingerprint density at radius 1 is 1.19 bits per heavy atom. The van der Waals surface area contributed by atoms with E-state index in [4.69, 9.17) is 0 Å². The fraction of sp³-hybridized carbons (Fsp3) is 0.478. The van der Waals surface area contributed by atoms with Gasteiger partial charge in [-0.2, -0.15) is 0 Å². The first-order chi connectivity index (χ1) is 15.5. The van der Waals surface area contributed by atoms with Crippen LogP contribution in [0.4, 0.5) is 5.82 Å². The summed E-state index contributed by atoms with van der Waals surface area (Å²) in [6, 6.07) is 0. The molecule has 3 N–H and O–H groups in total. The predicted molar refractivity (Wildman–Crippen MR) is 126 cm³/mol. The fourth-order valence-corrected chi connectivity index (χ4v) is 4.22. The molecule has 32 heavy (non-hydrogen) atoms. The van der Waals surface area contributed by atoms with Crippen molar-refractivity contribution in [1.82, 2.24) is 24.8 Å². The number of amides is 1. The Hall–Kier alpha value is -3.20. The highest BCUT2D eigenvalue weighted by molar-refractivity contribution is 6.05. The second kappa shape index (κ2) is 9.95. The topological polar surface area (TPSA) is 110 Å². The number of aromatic nitrogens is 3. The maximum Gasteiger partial charge on any atom is 0.222 e. The number of carbonyl (C=O) groups is 1. The van der Waals surface area contributed by atoms with E-state index in [-0.39, 0.29) is 11.8 Å². The fourth-order valence-electron chi connectivity index (χ4n) is 4.22. The number of hydrogen-bond acceptors (Lipinski definition) is 7. The number of nitrogens with one attached hydrogen (secondary N) is 2. The number of aromatic amines is 1. The first-order valence-electron chi connectivity index (χ1n) is 11.1. The lowest BCUT2D eigenvalue weighted by atomic mass is 9.98. The molecule has 0 fully saturated rings. The van der Waals surface area contributed by atoms with E-state index in [1.54, 1.807) is 11.1 Å². The van der Waals surface area contributed by atoms with Crippen LogP contribution in [0.15, 0.2) is 35.2 Å². The van der Waals surface area contributed by atoms with Crippen LogP contribution in [-0.2, 0) is 4.79 Å². The van der Waals surface area contributed by atoms with Crippen LogP contribution in [0.2, 0.25) is 0 Å². The number of hydrogen-bond donors (Lipinski definition) is 3. The van der Waals surface area contributed by atoms with E-state index < -0.39 is 0 Å². The maximum absolute atomic E-state index is 12.5. The molecule has 1 aliphatic heterocycles. The third kappa shape index (κ3) is 5.16. The zero-order valence-electron chi connectivity index (χ0n) is 18.7. The molecule has 0 aromatic carbocycles. The molecule has 0 saturated carbocycles. The van der Waals surface area contributed by atoms with Crippen molar-refractivity contribution in [3.8, 4) is 5.88 Å². The molecule has 3 heterocycles. The van der Waals surface area contributed by atoms with Gasteiger partial charge in [0.2, 0.25) is 5.91 Å². The van der Waals surface area contributed by atoms with Gasteiger partial charge in [0.15, 0.2) is 5.88 Å². The minimum absolute atomic E-state index is 0.0201. The molecule has 170 valence electrons. The van der Waals surface area contributed by atoms with Crippen LogP contribution in [-0.4, -0.2) is 82.3 Å². The molecule has 9 heteroatoms. The second-order valence-corrected chi connectivity index (χ2v) is 8.56. The quantitative estimate of drug-likeness (QED) is 0.584. The Morgan fingerprint density at radius 3 is 2.94 bits per heavy atom. The predicted octanol–water partition coefficient (Wildman–Crippen LogP) is 2.53. The third-order valence-corrected chi connectivity index (χ3v) is 5.98. The molecule has 2 bridgehead atoms. The van der Waals surface area contributed by atoms with E-state index in [2.05, 4.69) is 43.3 Å². The lowest BCUT2D eigenvalue weighted by molar-refractivity contribution is -0.130. The molecular weight excluding hydrogens is 406 g/mol. The van der Waals surface area contributed by atoms with Crippen molar-refractivity contribution in [2.24, 2.45) is 10.9 Å². The van der Waals surface area contributed by atoms with Crippen molar-refractivity contribution >= 4 is 29.0 Å².